The summed E-state index contributed by atoms with van der Waals surface area (Å²) in [6.07, 6.45) is 1.89. The molecule has 0 aliphatic carbocycles. The van der Waals surface area contributed by atoms with Gasteiger partial charge in [-0.2, -0.15) is 0 Å². The molecule has 29 heavy (non-hydrogen) atoms. The van der Waals surface area contributed by atoms with E-state index in [9.17, 15) is 9.59 Å². The summed E-state index contributed by atoms with van der Waals surface area (Å²) in [7, 11) is 1.53. The number of carbonyl (C=O) groups excluding carboxylic acids is 2. The summed E-state index contributed by atoms with van der Waals surface area (Å²) in [5.41, 5.74) is 2.06. The van der Waals surface area contributed by atoms with Crippen molar-refractivity contribution in [3.05, 3.63) is 88.1 Å². The molecule has 6 heteroatoms. The third-order valence-corrected chi connectivity index (χ3v) is 4.95. The lowest BCUT2D eigenvalue weighted by molar-refractivity contribution is -0.149. The van der Waals surface area contributed by atoms with Crippen LogP contribution >= 0.6 is 11.3 Å². The highest BCUT2D eigenvalue weighted by atomic mass is 32.1. The molecule has 1 amide bonds. The van der Waals surface area contributed by atoms with Crippen LogP contribution in [0.5, 0.6) is 5.75 Å². The van der Waals surface area contributed by atoms with Crippen molar-refractivity contribution in [2.75, 3.05) is 12.4 Å². The number of hydrogen-bond donors (Lipinski definition) is 1. The van der Waals surface area contributed by atoms with Crippen molar-refractivity contribution in [2.45, 2.75) is 13.0 Å². The maximum atomic E-state index is 13.0. The Morgan fingerprint density at radius 2 is 1.86 bits per heavy atom. The third kappa shape index (κ3) is 5.56. The first-order valence-electron chi connectivity index (χ1n) is 8.99. The largest absolute Gasteiger partial charge is 0.495 e. The van der Waals surface area contributed by atoms with E-state index in [0.717, 1.165) is 10.4 Å². The first kappa shape index (κ1) is 20.4. The summed E-state index contributed by atoms with van der Waals surface area (Å²) in [5, 5.41) is 4.73. The molecule has 0 radical (unpaired) electrons. The van der Waals surface area contributed by atoms with Crippen LogP contribution in [-0.2, 0) is 14.3 Å². The van der Waals surface area contributed by atoms with Gasteiger partial charge in [0.2, 0.25) is 6.10 Å². The third-order valence-electron chi connectivity index (χ3n) is 4.11. The monoisotopic (exact) mass is 407 g/mol. The Labute approximate surface area is 173 Å². The average Bonchev–Trinajstić information content (AvgIpc) is 3.25. The van der Waals surface area contributed by atoms with Crippen molar-refractivity contribution in [2.24, 2.45) is 0 Å². The van der Waals surface area contributed by atoms with Gasteiger partial charge in [-0.05, 0) is 42.1 Å². The standard InChI is InChI=1S/C23H21NO4S/c1-16-10-12-20(27-2)19(15-16)24-23(26)22(17-7-4-3-5-8-17)28-21(25)13-11-18-9-6-14-29-18/h3-15,22H,1-2H3,(H,24,26)/b13-11+. The molecule has 2 aromatic carbocycles. The number of carbonyl (C=O) groups is 2. The van der Waals surface area contributed by atoms with E-state index in [4.69, 9.17) is 9.47 Å². The fourth-order valence-corrected chi connectivity index (χ4v) is 3.33. The van der Waals surface area contributed by atoms with Gasteiger partial charge in [-0.15, -0.1) is 11.3 Å². The molecule has 148 valence electrons. The number of hydrogen-bond acceptors (Lipinski definition) is 5. The molecule has 0 aliphatic heterocycles. The van der Waals surface area contributed by atoms with Crippen LogP contribution in [-0.4, -0.2) is 19.0 Å². The van der Waals surface area contributed by atoms with Crippen LogP contribution in [0.15, 0.2) is 72.1 Å². The molecule has 1 heterocycles. The summed E-state index contributed by atoms with van der Waals surface area (Å²) in [6.45, 7) is 1.92. The topological polar surface area (TPSA) is 64.6 Å². The van der Waals surface area contributed by atoms with Gasteiger partial charge in [0.25, 0.3) is 5.91 Å². The second-order valence-electron chi connectivity index (χ2n) is 6.27. The van der Waals surface area contributed by atoms with E-state index in [0.29, 0.717) is 17.0 Å². The van der Waals surface area contributed by atoms with E-state index in [-0.39, 0.29) is 0 Å². The number of methoxy groups -OCH3 is 1. The molecular formula is C23H21NO4S. The minimum Gasteiger partial charge on any atom is -0.495 e. The van der Waals surface area contributed by atoms with Gasteiger partial charge in [-0.3, -0.25) is 4.79 Å². The van der Waals surface area contributed by atoms with Crippen LogP contribution in [0, 0.1) is 6.92 Å². The predicted molar refractivity (Wildman–Crippen MR) is 115 cm³/mol. The van der Waals surface area contributed by atoms with Crippen LogP contribution in [0.2, 0.25) is 0 Å². The smallest absolute Gasteiger partial charge is 0.331 e. The minimum atomic E-state index is -1.10. The SMILES string of the molecule is COc1ccc(C)cc1NC(=O)C(OC(=O)/C=C/c1cccs1)c1ccccc1. The lowest BCUT2D eigenvalue weighted by Crippen LogP contribution is -2.25. The predicted octanol–water partition coefficient (Wildman–Crippen LogP) is 5.00. The highest BCUT2D eigenvalue weighted by molar-refractivity contribution is 7.10. The van der Waals surface area contributed by atoms with Crippen LogP contribution in [0.25, 0.3) is 6.08 Å². The van der Waals surface area contributed by atoms with Crippen molar-refractivity contribution in [1.82, 2.24) is 0 Å². The number of thiophene rings is 1. The molecule has 0 bridgehead atoms. The number of nitrogens with one attached hydrogen (secondary N) is 1. The molecule has 0 fully saturated rings. The van der Waals surface area contributed by atoms with Crippen molar-refractivity contribution < 1.29 is 19.1 Å². The zero-order valence-electron chi connectivity index (χ0n) is 16.1. The van der Waals surface area contributed by atoms with Crippen LogP contribution in [0.1, 0.15) is 22.1 Å². The van der Waals surface area contributed by atoms with E-state index < -0.39 is 18.0 Å². The van der Waals surface area contributed by atoms with Crippen molar-refractivity contribution in [3.63, 3.8) is 0 Å². The maximum Gasteiger partial charge on any atom is 0.331 e. The first-order chi connectivity index (χ1) is 14.1. The lowest BCUT2D eigenvalue weighted by atomic mass is 10.1. The zero-order valence-corrected chi connectivity index (χ0v) is 16.9. The van der Waals surface area contributed by atoms with Crippen molar-refractivity contribution in [1.29, 1.82) is 0 Å². The zero-order chi connectivity index (χ0) is 20.6. The molecule has 1 unspecified atom stereocenters. The number of ether oxygens (including phenoxy) is 2. The van der Waals surface area contributed by atoms with Gasteiger partial charge in [-0.1, -0.05) is 42.5 Å². The lowest BCUT2D eigenvalue weighted by Gasteiger charge is -2.18. The molecule has 3 rings (SSSR count). The van der Waals surface area contributed by atoms with Crippen LogP contribution in [0.4, 0.5) is 5.69 Å². The van der Waals surface area contributed by atoms with E-state index in [1.165, 1.54) is 24.5 Å². The van der Waals surface area contributed by atoms with Gasteiger partial charge in [0.15, 0.2) is 0 Å². The van der Waals surface area contributed by atoms with Gasteiger partial charge < -0.3 is 14.8 Å². The number of benzene rings is 2. The Morgan fingerprint density at radius 1 is 1.07 bits per heavy atom. The average molecular weight is 407 g/mol. The van der Waals surface area contributed by atoms with Gasteiger partial charge in [-0.25, -0.2) is 4.79 Å². The molecule has 0 saturated carbocycles. The number of amides is 1. The molecule has 1 atom stereocenters. The number of aryl methyl sites for hydroxylation is 1. The number of anilines is 1. The minimum absolute atomic E-state index is 0.460. The molecule has 0 spiro atoms. The second-order valence-corrected chi connectivity index (χ2v) is 7.25. The highest BCUT2D eigenvalue weighted by Gasteiger charge is 2.25. The molecule has 5 nitrogen and oxygen atoms in total. The van der Waals surface area contributed by atoms with Gasteiger partial charge in [0.05, 0.1) is 12.8 Å². The van der Waals surface area contributed by atoms with Crippen LogP contribution in [0.3, 0.4) is 0 Å². The van der Waals surface area contributed by atoms with Gasteiger partial charge in [0.1, 0.15) is 5.75 Å². The van der Waals surface area contributed by atoms with E-state index >= 15 is 0 Å². The summed E-state index contributed by atoms with van der Waals surface area (Å²) >= 11 is 1.51. The fraction of sp³-hybridized carbons (Fsp3) is 0.130. The quantitative estimate of drug-likeness (QED) is 0.442. The molecule has 1 aromatic heterocycles. The van der Waals surface area contributed by atoms with Gasteiger partial charge in [0, 0.05) is 16.5 Å². The highest BCUT2D eigenvalue weighted by Crippen LogP contribution is 2.28. The molecule has 3 aromatic rings. The van der Waals surface area contributed by atoms with E-state index in [2.05, 4.69) is 5.32 Å². The molecule has 1 N–H and O–H groups in total. The van der Waals surface area contributed by atoms with Crippen molar-refractivity contribution >= 4 is 35.0 Å². The summed E-state index contributed by atoms with van der Waals surface area (Å²) < 4.78 is 10.8. The fourth-order valence-electron chi connectivity index (χ4n) is 2.71. The van der Waals surface area contributed by atoms with Crippen molar-refractivity contribution in [3.8, 4) is 5.75 Å². The Bertz CT molecular complexity index is 997. The summed E-state index contributed by atoms with van der Waals surface area (Å²) in [6, 6.07) is 18.2. The second kappa shape index (κ2) is 9.71. The van der Waals surface area contributed by atoms with Gasteiger partial charge >= 0.3 is 5.97 Å². The Kier molecular flexibility index (Phi) is 6.81. The van der Waals surface area contributed by atoms with E-state index in [1.807, 2.05) is 36.6 Å². The maximum absolute atomic E-state index is 13.0. The number of rotatable bonds is 7. The Balaban J connectivity index is 1.81. The Morgan fingerprint density at radius 3 is 2.55 bits per heavy atom. The number of esters is 1. The first-order valence-corrected chi connectivity index (χ1v) is 9.87. The Hall–Kier alpha value is -3.38. The van der Waals surface area contributed by atoms with E-state index in [1.54, 1.807) is 42.5 Å². The van der Waals surface area contributed by atoms with Crippen LogP contribution < -0.4 is 10.1 Å². The molecular weight excluding hydrogens is 386 g/mol. The molecule has 0 saturated heterocycles. The summed E-state index contributed by atoms with van der Waals surface area (Å²) in [4.78, 5) is 26.3. The molecule has 0 aliphatic rings. The normalized spacial score (nSPS) is 11.8. The summed E-state index contributed by atoms with van der Waals surface area (Å²) in [5.74, 6) is -0.531.